The Labute approximate surface area is 253 Å². The summed E-state index contributed by atoms with van der Waals surface area (Å²) in [6.45, 7) is 6.90. The number of amides is 3. The molecule has 0 spiro atoms. The molecule has 44 heavy (non-hydrogen) atoms. The van der Waals surface area contributed by atoms with E-state index in [1.54, 1.807) is 64.1 Å². The van der Waals surface area contributed by atoms with Crippen molar-refractivity contribution >= 4 is 23.7 Å². The molecule has 0 aliphatic carbocycles. The van der Waals surface area contributed by atoms with Gasteiger partial charge >= 0.3 is 18.2 Å². The van der Waals surface area contributed by atoms with E-state index in [2.05, 4.69) is 10.6 Å². The molecule has 0 saturated carbocycles. The van der Waals surface area contributed by atoms with Gasteiger partial charge in [0.2, 0.25) is 17.6 Å². The number of rotatable bonds is 15. The number of carbonyl (C=O) groups excluding carboxylic acids is 4. The second kappa shape index (κ2) is 16.2. The van der Waals surface area contributed by atoms with E-state index in [0.717, 1.165) is 0 Å². The third kappa shape index (κ3) is 11.2. The van der Waals surface area contributed by atoms with Gasteiger partial charge in [-0.15, -0.1) is 0 Å². The summed E-state index contributed by atoms with van der Waals surface area (Å²) in [6.07, 6.45) is -7.64. The second-order valence-electron chi connectivity index (χ2n) is 11.3. The molecule has 0 bridgehead atoms. The molecule has 0 radical (unpaired) electrons. The molecule has 13 heteroatoms. The number of carbonyl (C=O) groups is 4. The number of ether oxygens (including phenoxy) is 1. The first-order valence-corrected chi connectivity index (χ1v) is 14.1. The number of Topliss-reactive ketones (excluding diaryl/α,β-unsaturated/α-hetero) is 1. The summed E-state index contributed by atoms with van der Waals surface area (Å²) in [6, 6.07) is 11.3. The molecule has 0 aliphatic rings. The van der Waals surface area contributed by atoms with Gasteiger partial charge in [-0.05, 0) is 42.2 Å². The Hall–Kier alpha value is -4.03. The average molecular weight is 628 g/mol. The maximum atomic E-state index is 14.1. The molecule has 2 aromatic carbocycles. The fourth-order valence-corrected chi connectivity index (χ4v) is 4.28. The molecule has 0 unspecified atom stereocenters. The Morgan fingerprint density at radius 2 is 1.09 bits per heavy atom. The van der Waals surface area contributed by atoms with E-state index in [-0.39, 0.29) is 36.8 Å². The van der Waals surface area contributed by atoms with Crippen LogP contribution in [0.5, 0.6) is 0 Å². The van der Waals surface area contributed by atoms with Gasteiger partial charge in [0.05, 0.1) is 6.04 Å². The predicted molar refractivity (Wildman–Crippen MR) is 152 cm³/mol. The lowest BCUT2D eigenvalue weighted by atomic mass is 9.96. The number of hydrogen-bond acceptors (Lipinski definition) is 5. The molecular weight excluding hydrogens is 589 g/mol. The summed E-state index contributed by atoms with van der Waals surface area (Å²) in [7, 11) is 0. The summed E-state index contributed by atoms with van der Waals surface area (Å²) >= 11 is 0. The zero-order valence-corrected chi connectivity index (χ0v) is 24.9. The maximum absolute atomic E-state index is 14.1. The van der Waals surface area contributed by atoms with Crippen LogP contribution < -0.4 is 16.0 Å². The number of alkyl carbamates (subject to hydrolysis) is 1. The number of hydrogen-bond donors (Lipinski definition) is 3. The molecule has 242 valence electrons. The number of nitrogens with one attached hydrogen (secondary N) is 3. The van der Waals surface area contributed by atoms with Crippen molar-refractivity contribution in [3.05, 3.63) is 71.8 Å². The Balaban J connectivity index is 2.25. The molecule has 2 rings (SSSR count). The number of alkyl halides is 5. The van der Waals surface area contributed by atoms with Crippen molar-refractivity contribution in [1.82, 2.24) is 16.0 Å². The third-order valence-corrected chi connectivity index (χ3v) is 6.45. The first-order valence-electron chi connectivity index (χ1n) is 14.1. The highest BCUT2D eigenvalue weighted by Gasteiger charge is 2.64. The molecular formula is C31H38F5N3O5. The molecule has 3 N–H and O–H groups in total. The first-order chi connectivity index (χ1) is 20.5. The van der Waals surface area contributed by atoms with Gasteiger partial charge in [-0.3, -0.25) is 14.4 Å². The minimum absolute atomic E-state index is 0.0493. The molecule has 3 amide bonds. The Bertz CT molecular complexity index is 1240. The molecule has 0 aromatic heterocycles. The highest BCUT2D eigenvalue weighted by Crippen LogP contribution is 2.37. The van der Waals surface area contributed by atoms with E-state index in [1.165, 1.54) is 24.3 Å². The SMILES string of the molecule is CC(C)C[C@H](NC(=O)OCc1ccccc1)C(=O)N[C@@H](CC(C)C)C(=O)N[C@@H](Cc1ccccc1)C(=O)C(F)(F)C(F)(F)F. The second-order valence-corrected chi connectivity index (χ2v) is 11.3. The van der Waals surface area contributed by atoms with E-state index in [1.807, 2.05) is 5.32 Å². The van der Waals surface area contributed by atoms with Crippen LogP contribution in [0.3, 0.4) is 0 Å². The minimum Gasteiger partial charge on any atom is -0.445 e. The van der Waals surface area contributed by atoms with Gasteiger partial charge in [-0.2, -0.15) is 22.0 Å². The van der Waals surface area contributed by atoms with Crippen LogP contribution in [0, 0.1) is 11.8 Å². The number of benzene rings is 2. The molecule has 2 aromatic rings. The molecule has 0 heterocycles. The van der Waals surface area contributed by atoms with E-state index < -0.39 is 60.3 Å². The van der Waals surface area contributed by atoms with Crippen LogP contribution in [-0.2, 0) is 32.1 Å². The average Bonchev–Trinajstić information content (AvgIpc) is 2.94. The number of halogens is 5. The van der Waals surface area contributed by atoms with Crippen LogP contribution in [0.4, 0.5) is 26.7 Å². The molecule has 0 fully saturated rings. The fraction of sp³-hybridized carbons (Fsp3) is 0.484. The zero-order valence-electron chi connectivity index (χ0n) is 24.9. The quantitative estimate of drug-likeness (QED) is 0.231. The number of ketones is 1. The van der Waals surface area contributed by atoms with Crippen molar-refractivity contribution in [3.63, 3.8) is 0 Å². The largest absolute Gasteiger partial charge is 0.461 e. The van der Waals surface area contributed by atoms with Crippen molar-refractivity contribution in [2.75, 3.05) is 0 Å². The van der Waals surface area contributed by atoms with Crippen LogP contribution in [0.1, 0.15) is 51.7 Å². The predicted octanol–water partition coefficient (Wildman–Crippen LogP) is 5.35. The normalized spacial score (nSPS) is 14.0. The topological polar surface area (TPSA) is 114 Å². The van der Waals surface area contributed by atoms with Gasteiger partial charge in [0, 0.05) is 0 Å². The summed E-state index contributed by atoms with van der Waals surface area (Å²) in [5, 5.41) is 6.95. The maximum Gasteiger partial charge on any atom is 0.461 e. The zero-order chi connectivity index (χ0) is 33.1. The molecule has 8 nitrogen and oxygen atoms in total. The smallest absolute Gasteiger partial charge is 0.445 e. The monoisotopic (exact) mass is 627 g/mol. The highest BCUT2D eigenvalue weighted by atomic mass is 19.4. The van der Waals surface area contributed by atoms with Crippen molar-refractivity contribution in [3.8, 4) is 0 Å². The summed E-state index contributed by atoms with van der Waals surface area (Å²) < 4.78 is 72.7. The van der Waals surface area contributed by atoms with Crippen LogP contribution >= 0.6 is 0 Å². The third-order valence-electron chi connectivity index (χ3n) is 6.45. The van der Waals surface area contributed by atoms with Gasteiger partial charge in [-0.25, -0.2) is 4.79 Å². The molecule has 3 atom stereocenters. The lowest BCUT2D eigenvalue weighted by Gasteiger charge is -2.28. The van der Waals surface area contributed by atoms with Crippen molar-refractivity contribution in [1.29, 1.82) is 0 Å². The van der Waals surface area contributed by atoms with Gasteiger partial charge in [0.1, 0.15) is 18.7 Å². The van der Waals surface area contributed by atoms with E-state index >= 15 is 0 Å². The highest BCUT2D eigenvalue weighted by molar-refractivity contribution is 5.97. The first kappa shape index (κ1) is 36.2. The van der Waals surface area contributed by atoms with Crippen molar-refractivity contribution in [2.24, 2.45) is 11.8 Å². The van der Waals surface area contributed by atoms with Gasteiger partial charge < -0.3 is 20.7 Å². The summed E-state index contributed by atoms with van der Waals surface area (Å²) in [5.74, 6) is -10.6. The van der Waals surface area contributed by atoms with Crippen LogP contribution in [0.15, 0.2) is 60.7 Å². The van der Waals surface area contributed by atoms with E-state index in [4.69, 9.17) is 4.74 Å². The standard InChI is InChI=1S/C31H38F5N3O5/c1-19(2)15-24(38-28(42)25(16-20(3)4)39-29(43)44-18-22-13-9-6-10-14-22)27(41)37-23(17-21-11-7-5-8-12-21)26(40)30(32,33)31(34,35)36/h5-14,19-20,23-25H,15-18H2,1-4H3,(H,37,41)(H,38,42)(H,39,43)/t23-,24-,25-/m0/s1. The molecule has 0 aliphatic heterocycles. The van der Waals surface area contributed by atoms with Crippen molar-refractivity contribution < 1.29 is 45.9 Å². The van der Waals surface area contributed by atoms with Gasteiger partial charge in [0.25, 0.3) is 0 Å². The van der Waals surface area contributed by atoms with Crippen molar-refractivity contribution in [2.45, 2.75) is 83.8 Å². The van der Waals surface area contributed by atoms with Crippen LogP contribution in [-0.4, -0.2) is 53.9 Å². The van der Waals surface area contributed by atoms with E-state index in [0.29, 0.717) is 5.56 Å². The lowest BCUT2D eigenvalue weighted by molar-refractivity contribution is -0.269. The molecule has 0 saturated heterocycles. The van der Waals surface area contributed by atoms with E-state index in [9.17, 15) is 41.1 Å². The fourth-order valence-electron chi connectivity index (χ4n) is 4.28. The Morgan fingerprint density at radius 3 is 1.55 bits per heavy atom. The summed E-state index contributed by atoms with van der Waals surface area (Å²) in [4.78, 5) is 51.6. The van der Waals surface area contributed by atoms with Crippen LogP contribution in [0.2, 0.25) is 0 Å². The van der Waals surface area contributed by atoms with Gasteiger partial charge in [0.15, 0.2) is 0 Å². The minimum atomic E-state index is -6.18. The Kier molecular flexibility index (Phi) is 13.3. The lowest BCUT2D eigenvalue weighted by Crippen LogP contribution is -2.59. The summed E-state index contributed by atoms with van der Waals surface area (Å²) in [5.41, 5.74) is 0.931. The Morgan fingerprint density at radius 1 is 0.659 bits per heavy atom. The van der Waals surface area contributed by atoms with Gasteiger partial charge in [-0.1, -0.05) is 88.4 Å². The van der Waals surface area contributed by atoms with Crippen LogP contribution in [0.25, 0.3) is 0 Å².